The van der Waals surface area contributed by atoms with Gasteiger partial charge in [0.2, 0.25) is 0 Å². The number of amides is 1. The lowest BCUT2D eigenvalue weighted by Gasteiger charge is -2.21. The lowest BCUT2D eigenvalue weighted by Crippen LogP contribution is -2.37. The van der Waals surface area contributed by atoms with Gasteiger partial charge in [-0.2, -0.15) is 0 Å². The number of rotatable bonds is 8. The number of benzene rings is 2. The Labute approximate surface area is 214 Å². The number of aromatic nitrogens is 2. The second-order valence-corrected chi connectivity index (χ2v) is 8.74. The third-order valence-corrected chi connectivity index (χ3v) is 6.28. The summed E-state index contributed by atoms with van der Waals surface area (Å²) in [6.45, 7) is 0. The number of H-pyrrole nitrogens is 1. The van der Waals surface area contributed by atoms with E-state index in [-0.39, 0.29) is 29.2 Å². The zero-order chi connectivity index (χ0) is 25.8. The lowest BCUT2D eigenvalue weighted by atomic mass is 10.0. The van der Waals surface area contributed by atoms with Crippen molar-refractivity contribution in [1.29, 1.82) is 0 Å². The van der Waals surface area contributed by atoms with Crippen molar-refractivity contribution in [2.24, 2.45) is 0 Å². The van der Waals surface area contributed by atoms with Crippen LogP contribution in [0.4, 0.5) is 11.4 Å². The minimum atomic E-state index is -0.347. The van der Waals surface area contributed by atoms with E-state index >= 15 is 0 Å². The second kappa shape index (κ2) is 10.4. The molecule has 0 radical (unpaired) electrons. The van der Waals surface area contributed by atoms with Gasteiger partial charge >= 0.3 is 0 Å². The maximum Gasteiger partial charge on any atom is 0.280 e. The van der Waals surface area contributed by atoms with Crippen LogP contribution in [0.15, 0.2) is 96.1 Å². The zero-order valence-electron chi connectivity index (χ0n) is 20.3. The molecule has 3 heterocycles. The number of hydrogen-bond acceptors (Lipinski definition) is 4. The van der Waals surface area contributed by atoms with Crippen molar-refractivity contribution in [3.8, 4) is 0 Å². The fourth-order valence-corrected chi connectivity index (χ4v) is 4.32. The number of pyridine rings is 1. The number of anilines is 2. The van der Waals surface area contributed by atoms with E-state index in [9.17, 15) is 14.4 Å². The molecule has 0 unspecified atom stereocenters. The highest BCUT2D eigenvalue weighted by Gasteiger charge is 2.24. The van der Waals surface area contributed by atoms with E-state index in [1.807, 2.05) is 85.1 Å². The first-order valence-corrected chi connectivity index (χ1v) is 12.0. The minimum Gasteiger partial charge on any atom is -0.362 e. The quantitative estimate of drug-likeness (QED) is 0.261. The number of allylic oxidation sites excluding steroid dienone is 1. The van der Waals surface area contributed by atoms with Crippen LogP contribution in [0.25, 0.3) is 17.7 Å². The number of ketones is 1. The summed E-state index contributed by atoms with van der Waals surface area (Å²) in [5.41, 5.74) is 4.67. The Morgan fingerprint density at radius 2 is 1.84 bits per heavy atom. The van der Waals surface area contributed by atoms with Gasteiger partial charge in [-0.3, -0.25) is 19.4 Å². The monoisotopic (exact) mass is 490 g/mol. The number of hydrogen-bond donors (Lipinski definition) is 2. The van der Waals surface area contributed by atoms with Crippen LogP contribution >= 0.6 is 0 Å². The number of carbonyl (C=O) groups excluding carboxylic acids is 2. The Bertz CT molecular complexity index is 1560. The zero-order valence-corrected chi connectivity index (χ0v) is 20.3. The van der Waals surface area contributed by atoms with Gasteiger partial charge in [-0.25, -0.2) is 4.68 Å². The van der Waals surface area contributed by atoms with Crippen LogP contribution in [-0.2, 0) is 4.79 Å². The molecular formula is C30H26N4O3. The van der Waals surface area contributed by atoms with Gasteiger partial charge in [0.1, 0.15) is 0 Å². The van der Waals surface area contributed by atoms with E-state index in [0.717, 1.165) is 28.2 Å². The van der Waals surface area contributed by atoms with Crippen LogP contribution < -0.4 is 15.9 Å². The van der Waals surface area contributed by atoms with Gasteiger partial charge in [-0.1, -0.05) is 42.5 Å². The van der Waals surface area contributed by atoms with Crippen molar-refractivity contribution in [1.82, 2.24) is 9.66 Å². The third-order valence-electron chi connectivity index (χ3n) is 6.28. The summed E-state index contributed by atoms with van der Waals surface area (Å²) in [5, 5.41) is 4.63. The largest absolute Gasteiger partial charge is 0.362 e. The Kier molecular flexibility index (Phi) is 6.68. The fourth-order valence-electron chi connectivity index (χ4n) is 4.32. The number of para-hydroxylation sites is 1. The molecule has 0 aliphatic carbocycles. The molecule has 0 saturated carbocycles. The Morgan fingerprint density at radius 1 is 1.00 bits per heavy atom. The average Bonchev–Trinajstić information content (AvgIpc) is 3.54. The number of Topliss-reactive ketones (excluding diaryl/α,β-unsaturated/α-hetero) is 1. The van der Waals surface area contributed by atoms with Crippen LogP contribution in [0.3, 0.4) is 0 Å². The Hall–Kier alpha value is -4.91. The van der Waals surface area contributed by atoms with E-state index in [1.54, 1.807) is 30.4 Å². The van der Waals surface area contributed by atoms with E-state index in [0.29, 0.717) is 12.0 Å². The predicted molar refractivity (Wildman–Crippen MR) is 147 cm³/mol. The molecule has 1 amide bonds. The molecule has 0 spiro atoms. The molecular weight excluding hydrogens is 464 g/mol. The average molecular weight is 491 g/mol. The Morgan fingerprint density at radius 3 is 2.62 bits per heavy atom. The van der Waals surface area contributed by atoms with E-state index in [1.165, 1.54) is 4.68 Å². The van der Waals surface area contributed by atoms with Crippen molar-refractivity contribution in [3.05, 3.63) is 124 Å². The Balaban J connectivity index is 1.24. The maximum absolute atomic E-state index is 13.0. The van der Waals surface area contributed by atoms with Gasteiger partial charge in [0, 0.05) is 42.8 Å². The fraction of sp³-hybridized carbons (Fsp3) is 0.100. The van der Waals surface area contributed by atoms with Crippen LogP contribution in [0, 0.1) is 0 Å². The molecule has 184 valence electrons. The minimum absolute atomic E-state index is 0.136. The van der Waals surface area contributed by atoms with Crippen molar-refractivity contribution in [2.75, 3.05) is 17.4 Å². The molecule has 5 rings (SSSR count). The molecule has 37 heavy (non-hydrogen) atoms. The molecule has 4 aromatic rings. The SMILES string of the molecule is CN(c1ccccc1)n1cccc(C(=O)CC/C=C/c2ccc3c(c2)NC(=O)/C3=C\c2ccc[nH]2)c1=O. The molecule has 0 saturated heterocycles. The number of nitrogens with one attached hydrogen (secondary N) is 2. The molecule has 2 aromatic carbocycles. The maximum atomic E-state index is 13.0. The molecule has 0 bridgehead atoms. The second-order valence-electron chi connectivity index (χ2n) is 8.74. The normalized spacial score (nSPS) is 13.6. The molecule has 7 nitrogen and oxygen atoms in total. The number of nitrogens with zero attached hydrogens (tertiary/aromatic N) is 2. The highest BCUT2D eigenvalue weighted by atomic mass is 16.2. The highest BCUT2D eigenvalue weighted by molar-refractivity contribution is 6.34. The number of fused-ring (bicyclic) bond motifs is 1. The van der Waals surface area contributed by atoms with Crippen molar-refractivity contribution < 1.29 is 9.59 Å². The summed E-state index contributed by atoms with van der Waals surface area (Å²) in [5.74, 6) is -0.339. The first-order chi connectivity index (χ1) is 18.0. The number of aromatic amines is 1. The summed E-state index contributed by atoms with van der Waals surface area (Å²) < 4.78 is 1.44. The van der Waals surface area contributed by atoms with E-state index < -0.39 is 0 Å². The van der Waals surface area contributed by atoms with E-state index in [4.69, 9.17) is 0 Å². The molecule has 1 aliphatic heterocycles. The van der Waals surface area contributed by atoms with E-state index in [2.05, 4.69) is 10.3 Å². The molecule has 2 N–H and O–H groups in total. The molecule has 2 aromatic heterocycles. The van der Waals surface area contributed by atoms with Crippen molar-refractivity contribution >= 4 is 40.8 Å². The third kappa shape index (κ3) is 5.06. The summed E-state index contributed by atoms with van der Waals surface area (Å²) in [6.07, 6.45) is 9.82. The van der Waals surface area contributed by atoms with Crippen LogP contribution in [0.2, 0.25) is 0 Å². The summed E-state index contributed by atoms with van der Waals surface area (Å²) >= 11 is 0. The molecule has 1 aliphatic rings. The summed E-state index contributed by atoms with van der Waals surface area (Å²) in [4.78, 5) is 41.3. The first-order valence-electron chi connectivity index (χ1n) is 12.0. The smallest absolute Gasteiger partial charge is 0.280 e. The lowest BCUT2D eigenvalue weighted by molar-refractivity contribution is -0.110. The van der Waals surface area contributed by atoms with Gasteiger partial charge in [-0.05, 0) is 60.5 Å². The topological polar surface area (TPSA) is 87.2 Å². The van der Waals surface area contributed by atoms with Crippen LogP contribution in [-0.4, -0.2) is 28.4 Å². The van der Waals surface area contributed by atoms with Gasteiger partial charge < -0.3 is 10.3 Å². The van der Waals surface area contributed by atoms with Gasteiger partial charge in [0.25, 0.3) is 11.5 Å². The highest BCUT2D eigenvalue weighted by Crippen LogP contribution is 2.34. The summed E-state index contributed by atoms with van der Waals surface area (Å²) in [6, 6.07) is 22.3. The number of carbonyl (C=O) groups is 2. The predicted octanol–water partition coefficient (Wildman–Crippen LogP) is 5.24. The van der Waals surface area contributed by atoms with Crippen LogP contribution in [0.1, 0.15) is 40.0 Å². The summed E-state index contributed by atoms with van der Waals surface area (Å²) in [7, 11) is 1.78. The van der Waals surface area contributed by atoms with Gasteiger partial charge in [0.05, 0.1) is 16.8 Å². The molecule has 0 fully saturated rings. The molecule has 0 atom stereocenters. The van der Waals surface area contributed by atoms with Crippen molar-refractivity contribution in [2.45, 2.75) is 12.8 Å². The first kappa shape index (κ1) is 23.8. The van der Waals surface area contributed by atoms with Gasteiger partial charge in [-0.15, -0.1) is 0 Å². The standard InChI is InChI=1S/C30H26N4O3/c1-33(23-11-3-2-4-12-23)34-18-8-13-25(30(34)37)28(35)14-6-5-9-21-15-16-24-26(20-22-10-7-17-31-22)29(36)32-27(24)19-21/h2-5,7-13,15-20,31H,6,14H2,1H3,(H,32,36)/b9-5+,26-20-. The van der Waals surface area contributed by atoms with Gasteiger partial charge in [0.15, 0.2) is 5.78 Å². The molecule has 7 heteroatoms. The van der Waals surface area contributed by atoms with Crippen LogP contribution in [0.5, 0.6) is 0 Å². The van der Waals surface area contributed by atoms with Crippen molar-refractivity contribution in [3.63, 3.8) is 0 Å².